The predicted molar refractivity (Wildman–Crippen MR) is 71.4 cm³/mol. The van der Waals surface area contributed by atoms with Crippen LogP contribution in [0.1, 0.15) is 25.0 Å². The number of rotatable bonds is 4. The van der Waals surface area contributed by atoms with Crippen molar-refractivity contribution in [1.82, 2.24) is 4.90 Å². The first-order chi connectivity index (χ1) is 9.33. The fourth-order valence-corrected chi connectivity index (χ4v) is 2.77. The van der Waals surface area contributed by atoms with Crippen LogP contribution >= 0.6 is 0 Å². The summed E-state index contributed by atoms with van der Waals surface area (Å²) in [7, 11) is 0. The molecular weight excluding hydrogens is 242 g/mol. The number of furan rings is 1. The van der Waals surface area contributed by atoms with E-state index in [1.54, 1.807) is 6.26 Å². The van der Waals surface area contributed by atoms with E-state index in [2.05, 4.69) is 11.0 Å². The molecule has 102 valence electrons. The molecule has 19 heavy (non-hydrogen) atoms. The minimum absolute atomic E-state index is 0.0150. The van der Waals surface area contributed by atoms with E-state index in [1.165, 1.54) is 5.57 Å². The second-order valence-corrected chi connectivity index (χ2v) is 5.21. The molecule has 1 atom stereocenters. The molecule has 0 radical (unpaired) electrons. The molecule has 3 rings (SSSR count). The number of cyclic esters (lactones) is 1. The summed E-state index contributed by atoms with van der Waals surface area (Å²) >= 11 is 0. The second kappa shape index (κ2) is 5.61. The third-order valence-corrected chi connectivity index (χ3v) is 3.91. The molecule has 2 aliphatic rings. The molecular formula is C15H19NO3. The van der Waals surface area contributed by atoms with Gasteiger partial charge in [-0.15, -0.1) is 0 Å². The summed E-state index contributed by atoms with van der Waals surface area (Å²) in [5, 5.41) is 0. The van der Waals surface area contributed by atoms with Gasteiger partial charge in [0.1, 0.15) is 5.76 Å². The Hall–Kier alpha value is -1.55. The molecule has 0 aliphatic carbocycles. The van der Waals surface area contributed by atoms with E-state index in [0.29, 0.717) is 6.61 Å². The lowest BCUT2D eigenvalue weighted by atomic mass is 10.0. The minimum Gasteiger partial charge on any atom is -0.465 e. The van der Waals surface area contributed by atoms with E-state index in [4.69, 9.17) is 9.15 Å². The van der Waals surface area contributed by atoms with Crippen LogP contribution in [-0.4, -0.2) is 37.1 Å². The summed E-state index contributed by atoms with van der Waals surface area (Å²) in [6.45, 7) is 3.53. The highest BCUT2D eigenvalue weighted by Crippen LogP contribution is 2.23. The van der Waals surface area contributed by atoms with Crippen LogP contribution < -0.4 is 0 Å². The number of ether oxygens (including phenoxy) is 1. The Morgan fingerprint density at radius 1 is 1.42 bits per heavy atom. The Kier molecular flexibility index (Phi) is 3.69. The van der Waals surface area contributed by atoms with Crippen molar-refractivity contribution in [1.29, 1.82) is 0 Å². The van der Waals surface area contributed by atoms with Gasteiger partial charge in [-0.2, -0.15) is 0 Å². The van der Waals surface area contributed by atoms with E-state index < -0.39 is 0 Å². The van der Waals surface area contributed by atoms with E-state index >= 15 is 0 Å². The highest BCUT2D eigenvalue weighted by atomic mass is 16.5. The van der Waals surface area contributed by atoms with Crippen LogP contribution in [0.5, 0.6) is 0 Å². The zero-order chi connectivity index (χ0) is 13.1. The molecule has 1 aromatic rings. The Morgan fingerprint density at radius 2 is 2.37 bits per heavy atom. The van der Waals surface area contributed by atoms with Gasteiger partial charge in [0.2, 0.25) is 0 Å². The van der Waals surface area contributed by atoms with Crippen LogP contribution in [0.15, 0.2) is 28.9 Å². The van der Waals surface area contributed by atoms with Crippen LogP contribution in [0.3, 0.4) is 0 Å². The van der Waals surface area contributed by atoms with Gasteiger partial charge in [-0.05, 0) is 37.9 Å². The highest BCUT2D eigenvalue weighted by Gasteiger charge is 2.27. The summed E-state index contributed by atoms with van der Waals surface area (Å²) in [5.74, 6) is 1.06. The zero-order valence-corrected chi connectivity index (χ0v) is 11.0. The van der Waals surface area contributed by atoms with Crippen molar-refractivity contribution >= 4 is 11.5 Å². The number of carbonyl (C=O) groups excluding carboxylic acids is 1. The quantitative estimate of drug-likeness (QED) is 0.780. The molecule has 2 aliphatic heterocycles. The topological polar surface area (TPSA) is 42.7 Å². The highest BCUT2D eigenvalue weighted by molar-refractivity contribution is 5.74. The molecule has 0 spiro atoms. The molecule has 4 heteroatoms. The molecule has 0 bridgehead atoms. The number of hydrogen-bond donors (Lipinski definition) is 0. The maximum Gasteiger partial charge on any atom is 0.309 e. The van der Waals surface area contributed by atoms with Crippen LogP contribution in [0.4, 0.5) is 0 Å². The Balaban J connectivity index is 1.53. The fourth-order valence-electron chi connectivity index (χ4n) is 2.77. The van der Waals surface area contributed by atoms with Gasteiger partial charge in [0, 0.05) is 18.7 Å². The van der Waals surface area contributed by atoms with Crippen molar-refractivity contribution in [3.05, 3.63) is 30.2 Å². The molecule has 3 heterocycles. The Bertz CT molecular complexity index is 464. The standard InChI is InChI=1S/C15H19NO3/c17-15-12(6-10-19-15)5-8-16-7-1-3-13(11-16)14-4-2-9-18-14/h2-4,9,12H,1,5-8,10-11H2. The minimum atomic E-state index is -0.0150. The molecule has 0 N–H and O–H groups in total. The second-order valence-electron chi connectivity index (χ2n) is 5.21. The number of esters is 1. The average molecular weight is 261 g/mol. The van der Waals surface area contributed by atoms with E-state index in [0.717, 1.165) is 44.7 Å². The molecule has 1 saturated heterocycles. The van der Waals surface area contributed by atoms with Crippen molar-refractivity contribution in [2.75, 3.05) is 26.2 Å². The maximum atomic E-state index is 11.4. The molecule has 1 aromatic heterocycles. The van der Waals surface area contributed by atoms with E-state index in [-0.39, 0.29) is 11.9 Å². The summed E-state index contributed by atoms with van der Waals surface area (Å²) in [4.78, 5) is 13.8. The van der Waals surface area contributed by atoms with Crippen LogP contribution in [-0.2, 0) is 9.53 Å². The van der Waals surface area contributed by atoms with E-state index in [9.17, 15) is 4.79 Å². The molecule has 4 nitrogen and oxygen atoms in total. The molecule has 1 fully saturated rings. The van der Waals surface area contributed by atoms with Gasteiger partial charge in [-0.25, -0.2) is 0 Å². The first-order valence-corrected chi connectivity index (χ1v) is 6.95. The molecule has 0 saturated carbocycles. The van der Waals surface area contributed by atoms with Gasteiger partial charge >= 0.3 is 5.97 Å². The smallest absolute Gasteiger partial charge is 0.309 e. The molecule has 0 amide bonds. The van der Waals surface area contributed by atoms with Crippen molar-refractivity contribution in [2.24, 2.45) is 5.92 Å². The lowest BCUT2D eigenvalue weighted by Gasteiger charge is -2.27. The van der Waals surface area contributed by atoms with Gasteiger partial charge in [0.15, 0.2) is 0 Å². The monoisotopic (exact) mass is 261 g/mol. The summed E-state index contributed by atoms with van der Waals surface area (Å²) < 4.78 is 10.4. The lowest BCUT2D eigenvalue weighted by molar-refractivity contribution is -0.141. The third kappa shape index (κ3) is 2.89. The number of nitrogens with zero attached hydrogens (tertiary/aromatic N) is 1. The summed E-state index contributed by atoms with van der Waals surface area (Å²) in [6.07, 6.45) is 6.80. The first kappa shape index (κ1) is 12.5. The van der Waals surface area contributed by atoms with Crippen LogP contribution in [0.2, 0.25) is 0 Å². The van der Waals surface area contributed by atoms with Crippen molar-refractivity contribution in [3.8, 4) is 0 Å². The number of hydrogen-bond acceptors (Lipinski definition) is 4. The number of carbonyl (C=O) groups is 1. The van der Waals surface area contributed by atoms with Gasteiger partial charge in [0.25, 0.3) is 0 Å². The van der Waals surface area contributed by atoms with Crippen molar-refractivity contribution in [2.45, 2.75) is 19.3 Å². The van der Waals surface area contributed by atoms with Gasteiger partial charge in [0.05, 0.1) is 18.8 Å². The average Bonchev–Trinajstić information content (AvgIpc) is 3.08. The molecule has 1 unspecified atom stereocenters. The first-order valence-electron chi connectivity index (χ1n) is 6.95. The maximum absolute atomic E-state index is 11.4. The zero-order valence-electron chi connectivity index (χ0n) is 11.0. The molecule has 0 aromatic carbocycles. The Labute approximate surface area is 113 Å². The largest absolute Gasteiger partial charge is 0.465 e. The van der Waals surface area contributed by atoms with Gasteiger partial charge in [-0.1, -0.05) is 6.08 Å². The lowest BCUT2D eigenvalue weighted by Crippen LogP contribution is -2.31. The van der Waals surface area contributed by atoms with Crippen LogP contribution in [0.25, 0.3) is 5.57 Å². The van der Waals surface area contributed by atoms with Gasteiger partial charge in [-0.3, -0.25) is 9.69 Å². The fraction of sp³-hybridized carbons (Fsp3) is 0.533. The van der Waals surface area contributed by atoms with Crippen LogP contribution in [0, 0.1) is 5.92 Å². The normalized spacial score (nSPS) is 24.3. The summed E-state index contributed by atoms with van der Waals surface area (Å²) in [5.41, 5.74) is 1.25. The Morgan fingerprint density at radius 3 is 3.11 bits per heavy atom. The van der Waals surface area contributed by atoms with Crippen molar-refractivity contribution < 1.29 is 13.9 Å². The predicted octanol–water partition coefficient (Wildman–Crippen LogP) is 2.32. The SMILES string of the molecule is O=C1OCCC1CCN1CCC=C(c2ccco2)C1. The summed E-state index contributed by atoms with van der Waals surface area (Å²) in [6, 6.07) is 3.92. The van der Waals surface area contributed by atoms with Gasteiger partial charge < -0.3 is 9.15 Å². The van der Waals surface area contributed by atoms with Crippen molar-refractivity contribution in [3.63, 3.8) is 0 Å². The third-order valence-electron chi connectivity index (χ3n) is 3.91. The van der Waals surface area contributed by atoms with E-state index in [1.807, 2.05) is 12.1 Å².